The number of hydrogen-bond donors (Lipinski definition) is 1. The molecule has 0 aromatic carbocycles. The number of imidazole rings is 1. The lowest BCUT2D eigenvalue weighted by molar-refractivity contribution is 0.559. The maximum absolute atomic E-state index is 4.59. The van der Waals surface area contributed by atoms with Crippen LogP contribution in [-0.4, -0.2) is 15.6 Å². The van der Waals surface area contributed by atoms with Gasteiger partial charge in [0.25, 0.3) is 0 Å². The van der Waals surface area contributed by atoms with Crippen LogP contribution >= 0.6 is 0 Å². The molecule has 3 rings (SSSR count). The molecule has 1 aromatic rings. The summed E-state index contributed by atoms with van der Waals surface area (Å²) in [5, 5.41) is 3.68. The van der Waals surface area contributed by atoms with E-state index in [2.05, 4.69) is 27.6 Å². The van der Waals surface area contributed by atoms with Gasteiger partial charge in [-0.05, 0) is 44.4 Å². The van der Waals surface area contributed by atoms with Crippen LogP contribution in [0.3, 0.4) is 0 Å². The van der Waals surface area contributed by atoms with Crippen LogP contribution in [-0.2, 0) is 6.54 Å². The lowest BCUT2D eigenvalue weighted by atomic mass is 10.1. The standard InChI is InChI=1S/C14H21N3/c1-3-8-17-9-10(2)15-14(17)16-13(11-4-5-11)12-6-7-12/h3,9,11-13H,1,4-8H2,2H3,(H,15,16). The van der Waals surface area contributed by atoms with E-state index in [0.29, 0.717) is 6.04 Å². The second kappa shape index (κ2) is 4.21. The highest BCUT2D eigenvalue weighted by Gasteiger charge is 2.41. The zero-order chi connectivity index (χ0) is 11.8. The number of nitrogens with one attached hydrogen (secondary N) is 1. The Balaban J connectivity index is 1.75. The summed E-state index contributed by atoms with van der Waals surface area (Å²) in [7, 11) is 0. The number of hydrogen-bond acceptors (Lipinski definition) is 2. The molecule has 2 aliphatic carbocycles. The zero-order valence-electron chi connectivity index (χ0n) is 10.5. The molecule has 1 heterocycles. The normalized spacial score (nSPS) is 19.6. The Morgan fingerprint density at radius 3 is 2.65 bits per heavy atom. The van der Waals surface area contributed by atoms with E-state index in [1.54, 1.807) is 0 Å². The third kappa shape index (κ3) is 2.38. The van der Waals surface area contributed by atoms with Crippen LogP contribution in [0, 0.1) is 18.8 Å². The van der Waals surface area contributed by atoms with E-state index >= 15 is 0 Å². The lowest BCUT2D eigenvalue weighted by Gasteiger charge is -2.18. The minimum Gasteiger partial charge on any atom is -0.352 e. The first-order chi connectivity index (χ1) is 8.28. The number of aryl methyl sites for hydroxylation is 1. The van der Waals surface area contributed by atoms with Gasteiger partial charge in [-0.3, -0.25) is 0 Å². The van der Waals surface area contributed by atoms with Crippen molar-refractivity contribution in [1.29, 1.82) is 0 Å². The number of aromatic nitrogens is 2. The third-order valence-electron chi connectivity index (χ3n) is 3.78. The highest BCUT2D eigenvalue weighted by molar-refractivity contribution is 5.32. The summed E-state index contributed by atoms with van der Waals surface area (Å²) in [4.78, 5) is 4.59. The molecule has 2 saturated carbocycles. The molecule has 3 heteroatoms. The fraction of sp³-hybridized carbons (Fsp3) is 0.643. The Kier molecular flexibility index (Phi) is 2.69. The first-order valence-electron chi connectivity index (χ1n) is 6.69. The first-order valence-corrected chi connectivity index (χ1v) is 6.69. The van der Waals surface area contributed by atoms with Gasteiger partial charge in [0.2, 0.25) is 5.95 Å². The average molecular weight is 231 g/mol. The molecule has 0 radical (unpaired) electrons. The monoisotopic (exact) mass is 231 g/mol. The molecule has 17 heavy (non-hydrogen) atoms. The molecule has 2 aliphatic rings. The van der Waals surface area contributed by atoms with Crippen molar-refractivity contribution in [2.45, 2.75) is 45.2 Å². The first kappa shape index (κ1) is 10.9. The van der Waals surface area contributed by atoms with Crippen molar-refractivity contribution in [3.05, 3.63) is 24.5 Å². The Hall–Kier alpha value is -1.25. The van der Waals surface area contributed by atoms with Crippen molar-refractivity contribution >= 4 is 5.95 Å². The predicted octanol–water partition coefficient (Wildman–Crippen LogP) is 2.98. The van der Waals surface area contributed by atoms with Crippen LogP contribution in [0.1, 0.15) is 31.4 Å². The average Bonchev–Trinajstić information content (AvgIpc) is 3.17. The van der Waals surface area contributed by atoms with Crippen molar-refractivity contribution in [3.8, 4) is 0 Å². The maximum atomic E-state index is 4.59. The van der Waals surface area contributed by atoms with Gasteiger partial charge in [0, 0.05) is 18.8 Å². The second-order valence-corrected chi connectivity index (χ2v) is 5.49. The molecule has 0 saturated heterocycles. The van der Waals surface area contributed by atoms with E-state index in [-0.39, 0.29) is 0 Å². The van der Waals surface area contributed by atoms with E-state index in [1.165, 1.54) is 25.7 Å². The minimum atomic E-state index is 0.667. The van der Waals surface area contributed by atoms with E-state index in [9.17, 15) is 0 Å². The number of rotatable bonds is 6. The van der Waals surface area contributed by atoms with Crippen molar-refractivity contribution in [2.24, 2.45) is 11.8 Å². The summed E-state index contributed by atoms with van der Waals surface area (Å²) < 4.78 is 2.17. The Morgan fingerprint density at radius 1 is 1.47 bits per heavy atom. The summed E-state index contributed by atoms with van der Waals surface area (Å²) in [6.45, 7) is 6.69. The molecule has 0 aliphatic heterocycles. The number of anilines is 1. The molecular weight excluding hydrogens is 210 g/mol. The fourth-order valence-corrected chi connectivity index (χ4v) is 2.62. The van der Waals surface area contributed by atoms with Gasteiger partial charge in [-0.2, -0.15) is 0 Å². The summed E-state index contributed by atoms with van der Waals surface area (Å²) in [6, 6.07) is 0.667. The summed E-state index contributed by atoms with van der Waals surface area (Å²) >= 11 is 0. The molecule has 2 fully saturated rings. The third-order valence-corrected chi connectivity index (χ3v) is 3.78. The van der Waals surface area contributed by atoms with E-state index < -0.39 is 0 Å². The Morgan fingerprint density at radius 2 is 2.12 bits per heavy atom. The Bertz CT molecular complexity index is 401. The van der Waals surface area contributed by atoms with Crippen LogP contribution in [0.15, 0.2) is 18.9 Å². The molecular formula is C14H21N3. The summed E-state index contributed by atoms with van der Waals surface area (Å²) in [6.07, 6.45) is 9.62. The van der Waals surface area contributed by atoms with Gasteiger partial charge in [0.15, 0.2) is 0 Å². The molecule has 0 amide bonds. The minimum absolute atomic E-state index is 0.667. The van der Waals surface area contributed by atoms with Gasteiger partial charge in [-0.1, -0.05) is 6.08 Å². The van der Waals surface area contributed by atoms with Gasteiger partial charge in [0.05, 0.1) is 5.69 Å². The van der Waals surface area contributed by atoms with Gasteiger partial charge in [0.1, 0.15) is 0 Å². The van der Waals surface area contributed by atoms with E-state index in [1.807, 2.05) is 13.0 Å². The zero-order valence-corrected chi connectivity index (χ0v) is 10.5. The molecule has 0 spiro atoms. The van der Waals surface area contributed by atoms with Crippen molar-refractivity contribution in [1.82, 2.24) is 9.55 Å². The van der Waals surface area contributed by atoms with Crippen LogP contribution in [0.4, 0.5) is 5.95 Å². The number of nitrogens with zero attached hydrogens (tertiary/aromatic N) is 2. The smallest absolute Gasteiger partial charge is 0.203 e. The molecule has 1 N–H and O–H groups in total. The predicted molar refractivity (Wildman–Crippen MR) is 70.0 cm³/mol. The molecule has 0 unspecified atom stereocenters. The quantitative estimate of drug-likeness (QED) is 0.763. The highest BCUT2D eigenvalue weighted by atomic mass is 15.2. The molecule has 92 valence electrons. The summed E-state index contributed by atoms with van der Waals surface area (Å²) in [5.74, 6) is 2.83. The van der Waals surface area contributed by atoms with Gasteiger partial charge >= 0.3 is 0 Å². The van der Waals surface area contributed by atoms with Gasteiger partial charge in [-0.15, -0.1) is 6.58 Å². The van der Waals surface area contributed by atoms with Crippen LogP contribution in [0.2, 0.25) is 0 Å². The molecule has 0 atom stereocenters. The number of allylic oxidation sites excluding steroid dienone is 1. The van der Waals surface area contributed by atoms with Crippen LogP contribution in [0.5, 0.6) is 0 Å². The van der Waals surface area contributed by atoms with Crippen LogP contribution in [0.25, 0.3) is 0 Å². The van der Waals surface area contributed by atoms with Crippen molar-refractivity contribution in [2.75, 3.05) is 5.32 Å². The Labute approximate surface area is 103 Å². The van der Waals surface area contributed by atoms with Crippen molar-refractivity contribution in [3.63, 3.8) is 0 Å². The molecule has 3 nitrogen and oxygen atoms in total. The van der Waals surface area contributed by atoms with E-state index in [4.69, 9.17) is 0 Å². The summed E-state index contributed by atoms with van der Waals surface area (Å²) in [5.41, 5.74) is 1.08. The SMILES string of the molecule is C=CCn1cc(C)nc1NC(C1CC1)C1CC1. The largest absolute Gasteiger partial charge is 0.352 e. The fourth-order valence-electron chi connectivity index (χ4n) is 2.62. The van der Waals surface area contributed by atoms with Crippen molar-refractivity contribution < 1.29 is 0 Å². The molecule has 1 aromatic heterocycles. The van der Waals surface area contributed by atoms with Gasteiger partial charge < -0.3 is 9.88 Å². The lowest BCUT2D eigenvalue weighted by Crippen LogP contribution is -2.26. The van der Waals surface area contributed by atoms with Gasteiger partial charge in [-0.25, -0.2) is 4.98 Å². The second-order valence-electron chi connectivity index (χ2n) is 5.49. The highest BCUT2D eigenvalue weighted by Crippen LogP contribution is 2.45. The maximum Gasteiger partial charge on any atom is 0.203 e. The van der Waals surface area contributed by atoms with Crippen LogP contribution < -0.4 is 5.32 Å². The molecule has 0 bridgehead atoms. The van der Waals surface area contributed by atoms with E-state index in [0.717, 1.165) is 30.0 Å². The topological polar surface area (TPSA) is 29.9 Å².